The van der Waals surface area contributed by atoms with E-state index in [1.807, 2.05) is 4.90 Å². The van der Waals surface area contributed by atoms with Crippen LogP contribution in [0.4, 0.5) is 0 Å². The molecule has 0 saturated carbocycles. The first-order valence-electron chi connectivity index (χ1n) is 9.37. The van der Waals surface area contributed by atoms with Gasteiger partial charge in [0.2, 0.25) is 11.8 Å². The van der Waals surface area contributed by atoms with Gasteiger partial charge in [0.25, 0.3) is 0 Å². The van der Waals surface area contributed by atoms with Crippen LogP contribution in [-0.4, -0.2) is 60.4 Å². The van der Waals surface area contributed by atoms with Crippen molar-refractivity contribution >= 4 is 11.8 Å². The van der Waals surface area contributed by atoms with Crippen LogP contribution >= 0.6 is 0 Å². The molecule has 0 spiro atoms. The number of nitrogens with one attached hydrogen (secondary N) is 1. The van der Waals surface area contributed by atoms with Gasteiger partial charge in [0.1, 0.15) is 6.04 Å². The number of carbonyl (C=O) groups excluding carboxylic acids is 2. The minimum absolute atomic E-state index is 0.0333. The summed E-state index contributed by atoms with van der Waals surface area (Å²) in [5.74, 6) is 0.585. The first kappa shape index (κ1) is 18.2. The van der Waals surface area contributed by atoms with Gasteiger partial charge in [-0.3, -0.25) is 9.59 Å². The maximum absolute atomic E-state index is 12.6. The second-order valence-corrected chi connectivity index (χ2v) is 7.38. The van der Waals surface area contributed by atoms with Crippen molar-refractivity contribution in [2.75, 3.05) is 32.7 Å². The van der Waals surface area contributed by atoms with Crippen molar-refractivity contribution in [2.45, 2.75) is 64.8 Å². The highest BCUT2D eigenvalue weighted by atomic mass is 16.2. The number of nitrogens with zero attached hydrogens (tertiary/aromatic N) is 2. The molecule has 0 aromatic rings. The minimum atomic E-state index is -0.288. The van der Waals surface area contributed by atoms with E-state index in [0.29, 0.717) is 18.9 Å². The minimum Gasteiger partial charge on any atom is -0.353 e. The Morgan fingerprint density at radius 3 is 2.43 bits per heavy atom. The standard InChI is InChI=1S/C18H33N3O2/c1-15(2)14-16(21-12-7-4-8-17(21)22)18(23)19-9-13-20-10-5-3-6-11-20/h15-16H,3-14H2,1-2H3,(H,19,23)/t16-/m1/s1. The van der Waals surface area contributed by atoms with E-state index in [4.69, 9.17) is 0 Å². The fourth-order valence-electron chi connectivity index (χ4n) is 3.62. The molecule has 5 heteroatoms. The summed E-state index contributed by atoms with van der Waals surface area (Å²) >= 11 is 0. The monoisotopic (exact) mass is 323 g/mol. The van der Waals surface area contributed by atoms with E-state index in [1.165, 1.54) is 19.3 Å². The smallest absolute Gasteiger partial charge is 0.242 e. The van der Waals surface area contributed by atoms with Gasteiger partial charge in [-0.25, -0.2) is 0 Å². The van der Waals surface area contributed by atoms with Crippen molar-refractivity contribution in [1.29, 1.82) is 0 Å². The van der Waals surface area contributed by atoms with Crippen molar-refractivity contribution < 1.29 is 9.59 Å². The number of amides is 2. The van der Waals surface area contributed by atoms with E-state index in [-0.39, 0.29) is 17.9 Å². The van der Waals surface area contributed by atoms with E-state index < -0.39 is 0 Å². The van der Waals surface area contributed by atoms with Gasteiger partial charge in [0, 0.05) is 26.1 Å². The van der Waals surface area contributed by atoms with Crippen molar-refractivity contribution in [3.05, 3.63) is 0 Å². The number of rotatable bonds is 7. The third kappa shape index (κ3) is 5.79. The molecule has 2 heterocycles. The lowest BCUT2D eigenvalue weighted by Crippen LogP contribution is -2.52. The van der Waals surface area contributed by atoms with Crippen molar-refractivity contribution in [2.24, 2.45) is 5.92 Å². The van der Waals surface area contributed by atoms with E-state index >= 15 is 0 Å². The van der Waals surface area contributed by atoms with Crippen molar-refractivity contribution in [3.8, 4) is 0 Å². The van der Waals surface area contributed by atoms with Gasteiger partial charge in [-0.1, -0.05) is 20.3 Å². The Balaban J connectivity index is 1.84. The van der Waals surface area contributed by atoms with Crippen LogP contribution in [-0.2, 0) is 9.59 Å². The maximum Gasteiger partial charge on any atom is 0.242 e. The molecule has 0 aromatic heterocycles. The Bertz CT molecular complexity index is 392. The molecule has 0 aliphatic carbocycles. The molecular formula is C18H33N3O2. The summed E-state index contributed by atoms with van der Waals surface area (Å²) in [5.41, 5.74) is 0. The van der Waals surface area contributed by atoms with Crippen molar-refractivity contribution in [1.82, 2.24) is 15.1 Å². The van der Waals surface area contributed by atoms with Gasteiger partial charge < -0.3 is 15.1 Å². The van der Waals surface area contributed by atoms with Crippen LogP contribution in [0.25, 0.3) is 0 Å². The highest BCUT2D eigenvalue weighted by Gasteiger charge is 2.31. The Hall–Kier alpha value is -1.10. The second kappa shape index (κ2) is 9.26. The highest BCUT2D eigenvalue weighted by Crippen LogP contribution is 2.19. The molecular weight excluding hydrogens is 290 g/mol. The molecule has 0 unspecified atom stereocenters. The molecule has 1 atom stereocenters. The number of piperidine rings is 2. The maximum atomic E-state index is 12.6. The van der Waals surface area contributed by atoms with Gasteiger partial charge in [-0.05, 0) is 51.1 Å². The predicted molar refractivity (Wildman–Crippen MR) is 92.1 cm³/mol. The molecule has 1 N–H and O–H groups in total. The van der Waals surface area contributed by atoms with Crippen LogP contribution in [0, 0.1) is 5.92 Å². The van der Waals surface area contributed by atoms with E-state index in [2.05, 4.69) is 24.1 Å². The Labute approximate surface area is 140 Å². The molecule has 2 saturated heterocycles. The summed E-state index contributed by atoms with van der Waals surface area (Å²) in [6.45, 7) is 8.87. The summed E-state index contributed by atoms with van der Waals surface area (Å²) in [5, 5.41) is 3.08. The summed E-state index contributed by atoms with van der Waals surface area (Å²) in [7, 11) is 0. The van der Waals surface area contributed by atoms with Gasteiger partial charge >= 0.3 is 0 Å². The van der Waals surface area contributed by atoms with E-state index in [0.717, 1.165) is 45.4 Å². The quantitative estimate of drug-likeness (QED) is 0.780. The lowest BCUT2D eigenvalue weighted by Gasteiger charge is -2.35. The fourth-order valence-corrected chi connectivity index (χ4v) is 3.62. The molecule has 2 rings (SSSR count). The first-order valence-corrected chi connectivity index (χ1v) is 9.37. The third-order valence-electron chi connectivity index (χ3n) is 4.91. The van der Waals surface area contributed by atoms with Crippen LogP contribution in [0.1, 0.15) is 58.8 Å². The number of hydrogen-bond donors (Lipinski definition) is 1. The highest BCUT2D eigenvalue weighted by molar-refractivity contribution is 5.88. The number of likely N-dealkylation sites (tertiary alicyclic amines) is 2. The predicted octanol–water partition coefficient (Wildman–Crippen LogP) is 2.02. The average Bonchev–Trinajstić information content (AvgIpc) is 2.54. The van der Waals surface area contributed by atoms with Gasteiger partial charge in [-0.2, -0.15) is 0 Å². The summed E-state index contributed by atoms with van der Waals surface area (Å²) in [4.78, 5) is 29.1. The SMILES string of the molecule is CC(C)C[C@H](C(=O)NCCN1CCCCC1)N1CCCCC1=O. The molecule has 132 valence electrons. The molecule has 0 bridgehead atoms. The molecule has 2 fully saturated rings. The van der Waals surface area contributed by atoms with E-state index in [1.54, 1.807) is 0 Å². The van der Waals surface area contributed by atoms with Gasteiger partial charge in [0.05, 0.1) is 0 Å². The molecule has 2 aliphatic rings. The largest absolute Gasteiger partial charge is 0.353 e. The molecule has 0 aromatic carbocycles. The molecule has 0 radical (unpaired) electrons. The third-order valence-corrected chi connectivity index (χ3v) is 4.91. The molecule has 2 aliphatic heterocycles. The summed E-state index contributed by atoms with van der Waals surface area (Å²) in [6.07, 6.45) is 7.19. The Morgan fingerprint density at radius 1 is 1.09 bits per heavy atom. The van der Waals surface area contributed by atoms with E-state index in [9.17, 15) is 9.59 Å². The normalized spacial score (nSPS) is 21.5. The van der Waals surface area contributed by atoms with Crippen molar-refractivity contribution in [3.63, 3.8) is 0 Å². The lowest BCUT2D eigenvalue weighted by atomic mass is 9.98. The molecule has 2 amide bonds. The Kier molecular flexibility index (Phi) is 7.34. The topological polar surface area (TPSA) is 52.7 Å². The zero-order valence-corrected chi connectivity index (χ0v) is 14.9. The summed E-state index contributed by atoms with van der Waals surface area (Å²) < 4.78 is 0. The zero-order valence-electron chi connectivity index (χ0n) is 14.9. The van der Waals surface area contributed by atoms with Gasteiger partial charge in [0.15, 0.2) is 0 Å². The first-order chi connectivity index (χ1) is 11.1. The molecule has 23 heavy (non-hydrogen) atoms. The van der Waals surface area contributed by atoms with Gasteiger partial charge in [-0.15, -0.1) is 0 Å². The Morgan fingerprint density at radius 2 is 1.78 bits per heavy atom. The average molecular weight is 323 g/mol. The second-order valence-electron chi connectivity index (χ2n) is 7.38. The van der Waals surface area contributed by atoms with Crippen LogP contribution in [0.15, 0.2) is 0 Å². The fraction of sp³-hybridized carbons (Fsp3) is 0.889. The lowest BCUT2D eigenvalue weighted by molar-refractivity contribution is -0.143. The molecule has 5 nitrogen and oxygen atoms in total. The van der Waals surface area contributed by atoms with Crippen LogP contribution in [0.2, 0.25) is 0 Å². The zero-order chi connectivity index (χ0) is 16.7. The van der Waals surface area contributed by atoms with Crippen LogP contribution in [0.5, 0.6) is 0 Å². The van der Waals surface area contributed by atoms with Crippen LogP contribution < -0.4 is 5.32 Å². The number of hydrogen-bond acceptors (Lipinski definition) is 3. The summed E-state index contributed by atoms with van der Waals surface area (Å²) in [6, 6.07) is -0.288. The van der Waals surface area contributed by atoms with Crippen LogP contribution in [0.3, 0.4) is 0 Å². The number of carbonyl (C=O) groups is 2.